The average molecular weight is 394 g/mol. The molecule has 0 saturated heterocycles. The number of rotatable bonds is 5. The maximum atomic E-state index is 5.87. The van der Waals surface area contributed by atoms with Gasteiger partial charge in [0.1, 0.15) is 11.5 Å². The van der Waals surface area contributed by atoms with Crippen molar-refractivity contribution in [3.05, 3.63) is 23.3 Å². The monoisotopic (exact) mass is 393 g/mol. The predicted molar refractivity (Wildman–Crippen MR) is 106 cm³/mol. The normalized spacial score (nSPS) is 11.6. The van der Waals surface area contributed by atoms with Gasteiger partial charge in [-0.1, -0.05) is 20.8 Å². The van der Waals surface area contributed by atoms with Crippen LogP contribution in [0.5, 0.6) is 0 Å². The Kier molecular flexibility index (Phi) is 9.35. The summed E-state index contributed by atoms with van der Waals surface area (Å²) in [4.78, 5) is 8.75. The first-order valence-electron chi connectivity index (χ1n) is 7.19. The van der Waals surface area contributed by atoms with E-state index in [1.807, 2.05) is 17.5 Å². The number of hydrogen-bond acceptors (Lipinski definition) is 5. The molecule has 0 amide bonds. The molecule has 5 N–H and O–H groups in total. The highest BCUT2D eigenvalue weighted by Gasteiger charge is 2.10. The highest BCUT2D eigenvalue weighted by atomic mass is 35.5. The van der Waals surface area contributed by atoms with Crippen LogP contribution in [-0.2, 0) is 6.54 Å². The molecule has 136 valence electrons. The maximum absolute atomic E-state index is 5.87. The van der Waals surface area contributed by atoms with Crippen molar-refractivity contribution in [3.8, 4) is 11.5 Å². The van der Waals surface area contributed by atoms with Gasteiger partial charge in [-0.15, -0.1) is 36.2 Å². The first kappa shape index (κ1) is 22.7. The lowest BCUT2D eigenvalue weighted by atomic mass is 9.93. The molecular weight excluding hydrogens is 369 g/mol. The van der Waals surface area contributed by atoms with Crippen molar-refractivity contribution in [3.63, 3.8) is 0 Å². The van der Waals surface area contributed by atoms with E-state index in [9.17, 15) is 0 Å². The summed E-state index contributed by atoms with van der Waals surface area (Å²) in [5, 5.41) is 5.61. The lowest BCUT2D eigenvalue weighted by Gasteiger charge is -2.15. The number of nitrogens with one attached hydrogen (secondary N) is 1. The van der Waals surface area contributed by atoms with Crippen LogP contribution in [-0.4, -0.2) is 17.5 Å². The standard InChI is InChI=1S/C15H23N5OS.2ClH/c1-15(2,3)6-7-18-13(17)20-14-19-11(9-22-14)12-5-4-10(8-16)21-12;;/h4-5,9H,6-8,16H2,1-3H3,(H3,17,18,19,20);2*1H. The van der Waals surface area contributed by atoms with Crippen LogP contribution in [0.3, 0.4) is 0 Å². The second-order valence-electron chi connectivity index (χ2n) is 6.21. The second kappa shape index (κ2) is 9.88. The van der Waals surface area contributed by atoms with Crippen LogP contribution in [0.25, 0.3) is 11.5 Å². The zero-order valence-corrected chi connectivity index (χ0v) is 16.5. The molecule has 2 aromatic heterocycles. The molecule has 0 aliphatic rings. The predicted octanol–water partition coefficient (Wildman–Crippen LogP) is 3.87. The van der Waals surface area contributed by atoms with E-state index in [2.05, 4.69) is 36.1 Å². The fraction of sp³-hybridized carbons (Fsp3) is 0.467. The summed E-state index contributed by atoms with van der Waals surface area (Å²) in [6.07, 6.45) is 0.979. The van der Waals surface area contributed by atoms with E-state index >= 15 is 0 Å². The van der Waals surface area contributed by atoms with Crippen LogP contribution >= 0.6 is 36.2 Å². The number of anilines is 1. The summed E-state index contributed by atoms with van der Waals surface area (Å²) in [5.74, 6) is 1.82. The lowest BCUT2D eigenvalue weighted by molar-refractivity contribution is 0.385. The molecule has 0 unspecified atom stereocenters. The number of nitrogens with two attached hydrogens (primary N) is 2. The molecule has 0 fully saturated rings. The molecule has 0 radical (unpaired) electrons. The van der Waals surface area contributed by atoms with Gasteiger partial charge >= 0.3 is 0 Å². The number of halogens is 2. The van der Waals surface area contributed by atoms with Crippen molar-refractivity contribution in [2.45, 2.75) is 33.7 Å². The fourth-order valence-corrected chi connectivity index (χ4v) is 2.44. The molecule has 6 nitrogen and oxygen atoms in total. The van der Waals surface area contributed by atoms with Gasteiger partial charge in [-0.3, -0.25) is 4.99 Å². The van der Waals surface area contributed by atoms with Gasteiger partial charge in [0, 0.05) is 11.9 Å². The minimum Gasteiger partial charge on any atom is -0.458 e. The molecule has 0 saturated carbocycles. The maximum Gasteiger partial charge on any atom is 0.194 e. The molecule has 0 aliphatic heterocycles. The third kappa shape index (κ3) is 7.09. The zero-order chi connectivity index (χ0) is 16.2. The third-order valence-electron chi connectivity index (χ3n) is 3.00. The first-order valence-corrected chi connectivity index (χ1v) is 8.07. The number of furan rings is 1. The van der Waals surface area contributed by atoms with Gasteiger partial charge in [-0.05, 0) is 24.0 Å². The summed E-state index contributed by atoms with van der Waals surface area (Å²) in [7, 11) is 0. The third-order valence-corrected chi connectivity index (χ3v) is 3.76. The van der Waals surface area contributed by atoms with E-state index in [0.29, 0.717) is 29.9 Å². The summed E-state index contributed by atoms with van der Waals surface area (Å²) >= 11 is 1.45. The summed E-state index contributed by atoms with van der Waals surface area (Å²) in [5.41, 5.74) is 12.4. The van der Waals surface area contributed by atoms with E-state index in [-0.39, 0.29) is 30.2 Å². The minimum absolute atomic E-state index is 0. The SMILES string of the molecule is CC(C)(C)CCN=C(N)Nc1nc(-c2ccc(CN)o2)cs1.Cl.Cl. The Morgan fingerprint density at radius 3 is 2.62 bits per heavy atom. The molecule has 2 rings (SSSR count). The molecule has 0 bridgehead atoms. The average Bonchev–Trinajstić information content (AvgIpc) is 3.05. The van der Waals surface area contributed by atoms with Gasteiger partial charge < -0.3 is 21.2 Å². The molecule has 0 aliphatic carbocycles. The zero-order valence-electron chi connectivity index (χ0n) is 14.0. The molecule has 0 spiro atoms. The van der Waals surface area contributed by atoms with Gasteiger partial charge in [-0.2, -0.15) is 0 Å². The molecule has 0 aromatic carbocycles. The number of hydrogen-bond donors (Lipinski definition) is 3. The molecule has 24 heavy (non-hydrogen) atoms. The van der Waals surface area contributed by atoms with E-state index in [0.717, 1.165) is 17.9 Å². The number of aromatic nitrogens is 1. The van der Waals surface area contributed by atoms with E-state index in [1.54, 1.807) is 0 Å². The summed E-state index contributed by atoms with van der Waals surface area (Å²) in [6, 6.07) is 3.71. The van der Waals surface area contributed by atoms with Gasteiger partial charge in [0.05, 0.1) is 6.54 Å². The topological polar surface area (TPSA) is 102 Å². The smallest absolute Gasteiger partial charge is 0.194 e. The van der Waals surface area contributed by atoms with Crippen LogP contribution in [0, 0.1) is 5.41 Å². The Morgan fingerprint density at radius 1 is 1.33 bits per heavy atom. The number of thiazole rings is 1. The van der Waals surface area contributed by atoms with Crippen LogP contribution in [0.15, 0.2) is 26.9 Å². The quantitative estimate of drug-likeness (QED) is 0.528. The van der Waals surface area contributed by atoms with Crippen molar-refractivity contribution in [2.75, 3.05) is 11.9 Å². The Labute approximate surface area is 158 Å². The molecular formula is C15H25Cl2N5OS. The highest BCUT2D eigenvalue weighted by Crippen LogP contribution is 2.26. The molecule has 2 heterocycles. The van der Waals surface area contributed by atoms with E-state index < -0.39 is 0 Å². The van der Waals surface area contributed by atoms with Crippen molar-refractivity contribution in [1.29, 1.82) is 0 Å². The van der Waals surface area contributed by atoms with Crippen LogP contribution in [0.1, 0.15) is 33.0 Å². The van der Waals surface area contributed by atoms with Gasteiger partial charge in [0.15, 0.2) is 16.9 Å². The number of nitrogens with zero attached hydrogens (tertiary/aromatic N) is 2. The molecule has 9 heteroatoms. The molecule has 2 aromatic rings. The van der Waals surface area contributed by atoms with Gasteiger partial charge in [0.25, 0.3) is 0 Å². The number of aliphatic imine (C=N–C) groups is 1. The van der Waals surface area contributed by atoms with Crippen molar-refractivity contribution >= 4 is 47.2 Å². The Balaban J connectivity index is 0.00000264. The van der Waals surface area contributed by atoms with Gasteiger partial charge in [0.2, 0.25) is 0 Å². The first-order chi connectivity index (χ1) is 10.4. The largest absolute Gasteiger partial charge is 0.458 e. The highest BCUT2D eigenvalue weighted by molar-refractivity contribution is 7.14. The van der Waals surface area contributed by atoms with E-state index in [4.69, 9.17) is 15.9 Å². The Bertz CT molecular complexity index is 648. The fourth-order valence-electron chi connectivity index (χ4n) is 1.73. The van der Waals surface area contributed by atoms with Crippen molar-refractivity contribution < 1.29 is 4.42 Å². The van der Waals surface area contributed by atoms with Crippen molar-refractivity contribution in [2.24, 2.45) is 21.9 Å². The van der Waals surface area contributed by atoms with E-state index in [1.165, 1.54) is 11.3 Å². The lowest BCUT2D eigenvalue weighted by Crippen LogP contribution is -2.23. The molecule has 0 atom stereocenters. The van der Waals surface area contributed by atoms with Crippen LogP contribution < -0.4 is 16.8 Å². The summed E-state index contributed by atoms with van der Waals surface area (Å²) in [6.45, 7) is 7.61. The number of guanidine groups is 1. The van der Waals surface area contributed by atoms with Crippen LogP contribution in [0.4, 0.5) is 5.13 Å². The summed E-state index contributed by atoms with van der Waals surface area (Å²) < 4.78 is 5.57. The Hall–Kier alpha value is -1.28. The second-order valence-corrected chi connectivity index (χ2v) is 7.07. The Morgan fingerprint density at radius 2 is 2.04 bits per heavy atom. The van der Waals surface area contributed by atoms with Crippen LogP contribution in [0.2, 0.25) is 0 Å². The van der Waals surface area contributed by atoms with Gasteiger partial charge in [-0.25, -0.2) is 4.98 Å². The minimum atomic E-state index is 0. The van der Waals surface area contributed by atoms with Crippen molar-refractivity contribution in [1.82, 2.24) is 4.98 Å².